The maximum absolute atomic E-state index is 11.6. The van der Waals surface area contributed by atoms with Crippen molar-refractivity contribution in [2.24, 2.45) is 0 Å². The molecule has 0 spiro atoms. The van der Waals surface area contributed by atoms with Crippen LogP contribution in [0, 0.1) is 6.92 Å². The molecule has 5 heteroatoms. The van der Waals surface area contributed by atoms with E-state index in [1.54, 1.807) is 0 Å². The highest BCUT2D eigenvalue weighted by Gasteiger charge is 2.14. The van der Waals surface area contributed by atoms with Gasteiger partial charge in [-0.3, -0.25) is 9.20 Å². The van der Waals surface area contributed by atoms with Gasteiger partial charge in [0.15, 0.2) is 5.78 Å². The number of imidazole rings is 1. The second-order valence-corrected chi connectivity index (χ2v) is 3.59. The molecule has 0 atom stereocenters. The van der Waals surface area contributed by atoms with E-state index in [0.717, 1.165) is 11.3 Å². The molecule has 0 aliphatic rings. The number of hydrogen-bond donors (Lipinski definition) is 0. The second kappa shape index (κ2) is 4.90. The smallest absolute Gasteiger partial charge is 0.191 e. The van der Waals surface area contributed by atoms with Crippen molar-refractivity contribution in [3.05, 3.63) is 35.8 Å². The molecule has 0 radical (unpaired) electrons. The van der Waals surface area contributed by atoms with Crippen molar-refractivity contribution in [3.8, 4) is 0 Å². The van der Waals surface area contributed by atoms with Crippen LogP contribution < -0.4 is 0 Å². The van der Waals surface area contributed by atoms with Gasteiger partial charge < -0.3 is 0 Å². The third kappa shape index (κ3) is 2.13. The Bertz CT molecular complexity index is 493. The quantitative estimate of drug-likeness (QED) is 0.625. The van der Waals surface area contributed by atoms with Crippen molar-refractivity contribution in [1.29, 1.82) is 0 Å². The van der Waals surface area contributed by atoms with E-state index in [-0.39, 0.29) is 22.8 Å². The second-order valence-electron chi connectivity index (χ2n) is 3.03. The Kier molecular flexibility index (Phi) is 4.04. The molecule has 2 heterocycles. The van der Waals surface area contributed by atoms with Crippen LogP contribution in [0.25, 0.3) is 5.65 Å². The zero-order valence-electron chi connectivity index (χ0n) is 8.11. The minimum absolute atomic E-state index is 0. The number of halogens is 2. The monoisotopic (exact) mass is 332 g/mol. The molecule has 0 amide bonds. The van der Waals surface area contributed by atoms with Gasteiger partial charge in [0.05, 0.1) is 11.0 Å². The number of nitrogens with zero attached hydrogens (tertiary/aromatic N) is 2. The molecule has 0 aliphatic heterocycles. The van der Waals surface area contributed by atoms with Crippen LogP contribution >= 0.6 is 32.9 Å². The number of carbonyl (C=O) groups is 1. The first-order valence-electron chi connectivity index (χ1n) is 4.27. The Morgan fingerprint density at radius 1 is 1.53 bits per heavy atom. The number of aromatic nitrogens is 2. The van der Waals surface area contributed by atoms with Crippen molar-refractivity contribution < 1.29 is 4.79 Å². The lowest BCUT2D eigenvalue weighted by atomic mass is 10.2. The summed E-state index contributed by atoms with van der Waals surface area (Å²) in [5.41, 5.74) is 2.26. The molecule has 80 valence electrons. The summed E-state index contributed by atoms with van der Waals surface area (Å²) in [6.07, 6.45) is 1.85. The number of pyridine rings is 1. The fourth-order valence-electron chi connectivity index (χ4n) is 1.51. The van der Waals surface area contributed by atoms with Crippen LogP contribution in [0.3, 0.4) is 0 Å². The van der Waals surface area contributed by atoms with Crippen LogP contribution in [-0.4, -0.2) is 20.5 Å². The Morgan fingerprint density at radius 2 is 2.27 bits per heavy atom. The Hall–Kier alpha value is -0.680. The molecule has 3 nitrogen and oxygen atoms in total. The molecule has 2 aromatic rings. The van der Waals surface area contributed by atoms with Crippen LogP contribution in [0.1, 0.15) is 16.2 Å². The van der Waals surface area contributed by atoms with Gasteiger partial charge in [-0.25, -0.2) is 4.98 Å². The number of hydrogen-bond acceptors (Lipinski definition) is 2. The predicted octanol–water partition coefficient (Wildman–Crippen LogP) is 2.80. The molecule has 0 fully saturated rings. The van der Waals surface area contributed by atoms with Crippen LogP contribution in [0.4, 0.5) is 0 Å². The molecule has 0 N–H and O–H groups in total. The maximum Gasteiger partial charge on any atom is 0.191 e. The lowest BCUT2D eigenvalue weighted by Gasteiger charge is -1.98. The van der Waals surface area contributed by atoms with Gasteiger partial charge in [-0.15, -0.1) is 17.0 Å². The minimum atomic E-state index is 0. The van der Waals surface area contributed by atoms with E-state index in [4.69, 9.17) is 0 Å². The van der Waals surface area contributed by atoms with Crippen LogP contribution in [-0.2, 0) is 0 Å². The maximum atomic E-state index is 11.6. The van der Waals surface area contributed by atoms with Gasteiger partial charge >= 0.3 is 0 Å². The molecular weight excluding hydrogens is 324 g/mol. The molecule has 0 unspecified atom stereocenters. The first-order valence-corrected chi connectivity index (χ1v) is 5.39. The number of rotatable bonds is 2. The predicted molar refractivity (Wildman–Crippen MR) is 68.4 cm³/mol. The van der Waals surface area contributed by atoms with E-state index in [1.807, 2.05) is 35.7 Å². The molecule has 0 bridgehead atoms. The molecule has 0 aliphatic carbocycles. The normalized spacial score (nSPS) is 10.0. The van der Waals surface area contributed by atoms with E-state index in [1.165, 1.54) is 0 Å². The Balaban J connectivity index is 0.00000112. The zero-order valence-corrected chi connectivity index (χ0v) is 11.4. The summed E-state index contributed by atoms with van der Waals surface area (Å²) >= 11 is 3.17. The lowest BCUT2D eigenvalue weighted by Crippen LogP contribution is -2.05. The number of Topliss-reactive ketones (excluding diaryl/α,β-unsaturated/α-hetero) is 1. The molecule has 2 rings (SSSR count). The highest BCUT2D eigenvalue weighted by atomic mass is 79.9. The number of ketones is 1. The third-order valence-corrected chi connectivity index (χ3v) is 2.60. The van der Waals surface area contributed by atoms with Crippen LogP contribution in [0.2, 0.25) is 0 Å². The van der Waals surface area contributed by atoms with E-state index < -0.39 is 0 Å². The molecule has 15 heavy (non-hydrogen) atoms. The van der Waals surface area contributed by atoms with E-state index in [9.17, 15) is 4.79 Å². The average Bonchev–Trinajstić information content (AvgIpc) is 2.53. The molecule has 0 saturated carbocycles. The summed E-state index contributed by atoms with van der Waals surface area (Å²) < 4.78 is 1.82. The molecule has 0 aromatic carbocycles. The number of alkyl halides is 1. The SMILES string of the molecule is Br.Cc1nc2ccccn2c1C(=O)CBr. The number of aryl methyl sites for hydroxylation is 1. The fourth-order valence-corrected chi connectivity index (χ4v) is 1.78. The largest absolute Gasteiger partial charge is 0.297 e. The minimum Gasteiger partial charge on any atom is -0.297 e. The summed E-state index contributed by atoms with van der Waals surface area (Å²) in [5, 5.41) is 0.330. The topological polar surface area (TPSA) is 34.4 Å². The Labute approximate surface area is 106 Å². The van der Waals surface area contributed by atoms with Crippen molar-refractivity contribution in [2.75, 3.05) is 5.33 Å². The van der Waals surface area contributed by atoms with Gasteiger partial charge in [-0.1, -0.05) is 22.0 Å². The van der Waals surface area contributed by atoms with E-state index in [2.05, 4.69) is 20.9 Å². The van der Waals surface area contributed by atoms with Gasteiger partial charge in [0.2, 0.25) is 0 Å². The van der Waals surface area contributed by atoms with Crippen molar-refractivity contribution in [1.82, 2.24) is 9.38 Å². The molecule has 0 saturated heterocycles. The van der Waals surface area contributed by atoms with Gasteiger partial charge in [0.1, 0.15) is 11.3 Å². The first kappa shape index (κ1) is 12.4. The van der Waals surface area contributed by atoms with Crippen LogP contribution in [0.15, 0.2) is 24.4 Å². The van der Waals surface area contributed by atoms with Crippen molar-refractivity contribution in [2.45, 2.75) is 6.92 Å². The fraction of sp³-hybridized carbons (Fsp3) is 0.200. The summed E-state index contributed by atoms with van der Waals surface area (Å²) in [4.78, 5) is 15.9. The number of carbonyl (C=O) groups excluding carboxylic acids is 1. The lowest BCUT2D eigenvalue weighted by molar-refractivity contribution is 0.101. The van der Waals surface area contributed by atoms with E-state index in [0.29, 0.717) is 11.0 Å². The first-order chi connectivity index (χ1) is 6.74. The van der Waals surface area contributed by atoms with E-state index >= 15 is 0 Å². The zero-order chi connectivity index (χ0) is 10.1. The van der Waals surface area contributed by atoms with Crippen molar-refractivity contribution in [3.63, 3.8) is 0 Å². The Morgan fingerprint density at radius 3 is 2.93 bits per heavy atom. The number of fused-ring (bicyclic) bond motifs is 1. The van der Waals surface area contributed by atoms with Gasteiger partial charge in [-0.05, 0) is 19.1 Å². The van der Waals surface area contributed by atoms with Gasteiger partial charge in [0.25, 0.3) is 0 Å². The highest BCUT2D eigenvalue weighted by Crippen LogP contribution is 2.12. The summed E-state index contributed by atoms with van der Waals surface area (Å²) in [6.45, 7) is 1.85. The van der Waals surface area contributed by atoms with Crippen molar-refractivity contribution >= 4 is 44.3 Å². The van der Waals surface area contributed by atoms with Crippen LogP contribution in [0.5, 0.6) is 0 Å². The average molecular weight is 334 g/mol. The summed E-state index contributed by atoms with van der Waals surface area (Å²) in [6, 6.07) is 5.68. The molecular formula is C10H10Br2N2O. The standard InChI is InChI=1S/C10H9BrN2O.BrH/c1-7-10(8(14)6-11)13-5-3-2-4-9(13)12-7;/h2-5H,6H2,1H3;1H. The highest BCUT2D eigenvalue weighted by molar-refractivity contribution is 9.09. The summed E-state index contributed by atoms with van der Waals surface area (Å²) in [7, 11) is 0. The molecule has 2 aromatic heterocycles. The third-order valence-electron chi connectivity index (χ3n) is 2.09. The van der Waals surface area contributed by atoms with Gasteiger partial charge in [0, 0.05) is 6.20 Å². The van der Waals surface area contributed by atoms with Gasteiger partial charge in [-0.2, -0.15) is 0 Å². The summed E-state index contributed by atoms with van der Waals surface area (Å²) in [5.74, 6) is 0.0567.